The number of amides is 1. The molecule has 0 aliphatic heterocycles. The van der Waals surface area contributed by atoms with Gasteiger partial charge in [0.05, 0.1) is 23.9 Å². The Hall–Kier alpha value is -2.50. The number of nitrogens with zero attached hydrogens (tertiary/aromatic N) is 3. The van der Waals surface area contributed by atoms with Gasteiger partial charge in [-0.1, -0.05) is 27.7 Å². The Morgan fingerprint density at radius 1 is 1.17 bits per heavy atom. The number of hydrogen-bond donors (Lipinski definition) is 2. The quantitative estimate of drug-likeness (QED) is 0.277. The summed E-state index contributed by atoms with van der Waals surface area (Å²) in [6, 6.07) is 10.3. The van der Waals surface area contributed by atoms with Gasteiger partial charge in [-0.05, 0) is 52.3 Å². The van der Waals surface area contributed by atoms with Crippen LogP contribution in [0, 0.1) is 0 Å². The minimum atomic E-state index is -0.431. The van der Waals surface area contributed by atoms with Crippen LogP contribution >= 0.6 is 43.6 Å². The van der Waals surface area contributed by atoms with Gasteiger partial charge in [0.15, 0.2) is 5.65 Å². The number of aromatic amines is 1. The van der Waals surface area contributed by atoms with Crippen molar-refractivity contribution in [2.45, 2.75) is 5.16 Å². The van der Waals surface area contributed by atoms with Crippen LogP contribution in [0.1, 0.15) is 10.4 Å². The molecule has 4 aromatic rings. The van der Waals surface area contributed by atoms with Crippen molar-refractivity contribution in [3.63, 3.8) is 0 Å². The largest absolute Gasteiger partial charge is 0.465 e. The SMILES string of the molecule is COC(=O)c1ccc(NC(=O)CSc2nnc3c(n2)[nH]c2c(Br)cc(Br)cc23)cc1. The van der Waals surface area contributed by atoms with Crippen molar-refractivity contribution in [3.05, 3.63) is 50.9 Å². The van der Waals surface area contributed by atoms with Gasteiger partial charge in [-0.3, -0.25) is 4.79 Å². The van der Waals surface area contributed by atoms with Crippen LogP contribution in [0.15, 0.2) is 50.5 Å². The van der Waals surface area contributed by atoms with Gasteiger partial charge in [0.25, 0.3) is 0 Å². The number of esters is 1. The van der Waals surface area contributed by atoms with Crippen LogP contribution in [0.5, 0.6) is 0 Å². The molecular formula is C19H13Br2N5O3S. The average molecular weight is 551 g/mol. The molecule has 0 spiro atoms. The Morgan fingerprint density at radius 3 is 2.67 bits per heavy atom. The number of ether oxygens (including phenoxy) is 1. The van der Waals surface area contributed by atoms with E-state index in [0.717, 1.165) is 19.8 Å². The van der Waals surface area contributed by atoms with E-state index in [-0.39, 0.29) is 11.7 Å². The number of rotatable bonds is 5. The highest BCUT2D eigenvalue weighted by molar-refractivity contribution is 9.11. The first kappa shape index (κ1) is 20.8. The molecule has 0 bridgehead atoms. The van der Waals surface area contributed by atoms with Crippen molar-refractivity contribution in [1.29, 1.82) is 0 Å². The van der Waals surface area contributed by atoms with Crippen molar-refractivity contribution in [2.24, 2.45) is 0 Å². The number of carbonyl (C=O) groups excluding carboxylic acids is 2. The molecule has 152 valence electrons. The molecule has 1 amide bonds. The molecule has 0 radical (unpaired) electrons. The van der Waals surface area contributed by atoms with Gasteiger partial charge in [-0.25, -0.2) is 9.78 Å². The van der Waals surface area contributed by atoms with Gasteiger partial charge in [0, 0.05) is 20.0 Å². The third-order valence-corrected chi connectivity index (χ3v) is 6.06. The van der Waals surface area contributed by atoms with Crippen molar-refractivity contribution >= 4 is 83.3 Å². The second-order valence-corrected chi connectivity index (χ2v) is 8.85. The molecule has 30 heavy (non-hydrogen) atoms. The molecule has 0 aliphatic carbocycles. The first-order chi connectivity index (χ1) is 14.4. The predicted octanol–water partition coefficient (Wildman–Crippen LogP) is 4.55. The second kappa shape index (κ2) is 8.70. The van der Waals surface area contributed by atoms with Gasteiger partial charge < -0.3 is 15.0 Å². The number of methoxy groups -OCH3 is 1. The Labute approximate surface area is 191 Å². The lowest BCUT2D eigenvalue weighted by atomic mass is 10.2. The van der Waals surface area contributed by atoms with Crippen molar-refractivity contribution in [2.75, 3.05) is 18.2 Å². The number of fused-ring (bicyclic) bond motifs is 3. The summed E-state index contributed by atoms with van der Waals surface area (Å²) in [7, 11) is 1.32. The summed E-state index contributed by atoms with van der Waals surface area (Å²) >= 11 is 8.17. The number of aromatic nitrogens is 4. The standard InChI is InChI=1S/C19H13Br2N5O3S/c1-29-18(28)9-2-4-11(5-3-9)22-14(27)8-30-19-24-17-16(25-26-19)12-6-10(20)7-13(21)15(12)23-17/h2-7H,8H2,1H3,(H,22,27)(H,23,24,26). The maximum Gasteiger partial charge on any atom is 0.337 e. The normalized spacial score (nSPS) is 11.0. The Kier molecular flexibility index (Phi) is 6.02. The van der Waals surface area contributed by atoms with Crippen LogP contribution in [0.3, 0.4) is 0 Å². The molecule has 4 rings (SSSR count). The molecule has 2 heterocycles. The minimum absolute atomic E-state index is 0.113. The van der Waals surface area contributed by atoms with Crippen molar-refractivity contribution in [3.8, 4) is 0 Å². The van der Waals surface area contributed by atoms with Crippen LogP contribution in [0.25, 0.3) is 22.1 Å². The van der Waals surface area contributed by atoms with Crippen LogP contribution < -0.4 is 5.32 Å². The molecule has 2 aromatic carbocycles. The number of carbonyl (C=O) groups is 2. The third-order valence-electron chi connectivity index (χ3n) is 4.14. The fourth-order valence-electron chi connectivity index (χ4n) is 2.78. The fourth-order valence-corrected chi connectivity index (χ4v) is 4.69. The summed E-state index contributed by atoms with van der Waals surface area (Å²) < 4.78 is 6.45. The van der Waals surface area contributed by atoms with Crippen LogP contribution in [-0.2, 0) is 9.53 Å². The smallest absolute Gasteiger partial charge is 0.337 e. The van der Waals surface area contributed by atoms with Crippen molar-refractivity contribution < 1.29 is 14.3 Å². The van der Waals surface area contributed by atoms with E-state index in [1.165, 1.54) is 18.9 Å². The fraction of sp³-hybridized carbons (Fsp3) is 0.105. The molecule has 2 N–H and O–H groups in total. The first-order valence-corrected chi connectivity index (χ1v) is 11.1. The molecule has 8 nitrogen and oxygen atoms in total. The van der Waals surface area contributed by atoms with Crippen LogP contribution in [-0.4, -0.2) is 44.9 Å². The summed E-state index contributed by atoms with van der Waals surface area (Å²) in [6.45, 7) is 0. The zero-order chi connectivity index (χ0) is 21.3. The summed E-state index contributed by atoms with van der Waals surface area (Å²) in [5, 5.41) is 12.4. The van der Waals surface area contributed by atoms with Crippen LogP contribution in [0.2, 0.25) is 0 Å². The van der Waals surface area contributed by atoms with E-state index in [1.807, 2.05) is 12.1 Å². The zero-order valence-corrected chi connectivity index (χ0v) is 19.4. The highest BCUT2D eigenvalue weighted by Gasteiger charge is 2.14. The Morgan fingerprint density at radius 2 is 1.93 bits per heavy atom. The minimum Gasteiger partial charge on any atom is -0.465 e. The van der Waals surface area contributed by atoms with Gasteiger partial charge in [-0.15, -0.1) is 10.2 Å². The molecule has 2 aromatic heterocycles. The van der Waals surface area contributed by atoms with Gasteiger partial charge in [-0.2, -0.15) is 0 Å². The molecule has 0 saturated heterocycles. The highest BCUT2D eigenvalue weighted by atomic mass is 79.9. The topological polar surface area (TPSA) is 110 Å². The summed E-state index contributed by atoms with van der Waals surface area (Å²) in [4.78, 5) is 31.4. The molecular weight excluding hydrogens is 538 g/mol. The van der Waals surface area contributed by atoms with E-state index in [2.05, 4.69) is 62.1 Å². The molecule has 0 atom stereocenters. The molecule has 0 saturated carbocycles. The molecule has 0 aliphatic rings. The summed E-state index contributed by atoms with van der Waals surface area (Å²) in [6.07, 6.45) is 0. The number of H-pyrrole nitrogens is 1. The number of nitrogens with one attached hydrogen (secondary N) is 2. The second-order valence-electron chi connectivity index (χ2n) is 6.13. The number of halogens is 2. The van der Waals surface area contributed by atoms with E-state index in [4.69, 9.17) is 0 Å². The lowest BCUT2D eigenvalue weighted by Gasteiger charge is -2.05. The predicted molar refractivity (Wildman–Crippen MR) is 122 cm³/mol. The maximum absolute atomic E-state index is 12.2. The number of anilines is 1. The monoisotopic (exact) mass is 549 g/mol. The zero-order valence-electron chi connectivity index (χ0n) is 15.4. The van der Waals surface area contributed by atoms with E-state index in [1.54, 1.807) is 24.3 Å². The molecule has 0 unspecified atom stereocenters. The third kappa shape index (κ3) is 4.32. The Bertz CT molecular complexity index is 1280. The highest BCUT2D eigenvalue weighted by Crippen LogP contribution is 2.32. The van der Waals surface area contributed by atoms with Crippen molar-refractivity contribution in [1.82, 2.24) is 20.2 Å². The van der Waals surface area contributed by atoms with Gasteiger partial charge in [0.1, 0.15) is 5.52 Å². The van der Waals surface area contributed by atoms with Crippen LogP contribution in [0.4, 0.5) is 5.69 Å². The maximum atomic E-state index is 12.2. The van der Waals surface area contributed by atoms with E-state index in [9.17, 15) is 9.59 Å². The number of benzene rings is 2. The number of hydrogen-bond acceptors (Lipinski definition) is 7. The molecule has 0 fully saturated rings. The molecule has 11 heteroatoms. The van der Waals surface area contributed by atoms with Gasteiger partial charge in [0.2, 0.25) is 11.1 Å². The first-order valence-electron chi connectivity index (χ1n) is 8.57. The summed E-state index contributed by atoms with van der Waals surface area (Å²) in [5.41, 5.74) is 3.13. The number of thioether (sulfide) groups is 1. The van der Waals surface area contributed by atoms with E-state index >= 15 is 0 Å². The lowest BCUT2D eigenvalue weighted by molar-refractivity contribution is -0.113. The average Bonchev–Trinajstić information content (AvgIpc) is 3.10. The van der Waals surface area contributed by atoms with E-state index in [0.29, 0.717) is 27.6 Å². The van der Waals surface area contributed by atoms with Gasteiger partial charge >= 0.3 is 5.97 Å². The summed E-state index contributed by atoms with van der Waals surface area (Å²) in [5.74, 6) is -0.542. The Balaban J connectivity index is 1.44. The van der Waals surface area contributed by atoms with E-state index < -0.39 is 5.97 Å². The lowest BCUT2D eigenvalue weighted by Crippen LogP contribution is -2.14.